The molecule has 0 unspecified atom stereocenters. The van der Waals surface area contributed by atoms with Crippen molar-refractivity contribution in [2.24, 2.45) is 5.84 Å². The highest BCUT2D eigenvalue weighted by molar-refractivity contribution is 7.19. The average molecular weight is 364 g/mol. The molecule has 0 atom stereocenters. The third-order valence-corrected chi connectivity index (χ3v) is 4.09. The predicted molar refractivity (Wildman–Crippen MR) is 91.2 cm³/mol. The minimum atomic E-state index is -1.17. The molecule has 0 fully saturated rings. The molecule has 2 rings (SSSR count). The van der Waals surface area contributed by atoms with E-state index in [0.717, 1.165) is 16.9 Å². The molecule has 132 valence electrons. The highest BCUT2D eigenvalue weighted by Crippen LogP contribution is 2.33. The molecule has 9 nitrogen and oxygen atoms in total. The number of nitrogens with one attached hydrogen (secondary N) is 2. The van der Waals surface area contributed by atoms with Crippen LogP contribution >= 0.6 is 11.3 Å². The number of carbonyl (C=O) groups is 3. The minimum Gasteiger partial charge on any atom is -0.476 e. The largest absolute Gasteiger partial charge is 0.476 e. The topological polar surface area (TPSA) is 144 Å². The first kappa shape index (κ1) is 18.4. The van der Waals surface area contributed by atoms with Gasteiger partial charge in [-0.25, -0.2) is 20.4 Å². The number of benzene rings is 1. The molecule has 0 saturated heterocycles. The molecule has 1 aromatic heterocycles. The zero-order chi connectivity index (χ0) is 18.4. The number of aromatic nitrogens is 1. The summed E-state index contributed by atoms with van der Waals surface area (Å²) in [5, 5.41) is 12.0. The van der Waals surface area contributed by atoms with Crippen molar-refractivity contribution in [3.05, 3.63) is 35.5 Å². The number of carbonyl (C=O) groups excluding carboxylic acids is 2. The molecule has 0 saturated carbocycles. The van der Waals surface area contributed by atoms with Crippen molar-refractivity contribution in [2.45, 2.75) is 13.3 Å². The summed E-state index contributed by atoms with van der Waals surface area (Å²) in [4.78, 5) is 37.7. The number of hydrogen-bond acceptors (Lipinski definition) is 7. The van der Waals surface area contributed by atoms with Gasteiger partial charge in [-0.15, -0.1) is 0 Å². The smallest absolute Gasteiger partial charge is 0.421 e. The van der Waals surface area contributed by atoms with Gasteiger partial charge in [0.05, 0.1) is 11.5 Å². The lowest BCUT2D eigenvalue weighted by Gasteiger charge is -2.05. The molecule has 2 aromatic rings. The van der Waals surface area contributed by atoms with Crippen molar-refractivity contribution < 1.29 is 24.2 Å². The molecule has 0 spiro atoms. The second-order valence-corrected chi connectivity index (χ2v) is 5.91. The van der Waals surface area contributed by atoms with E-state index in [1.54, 1.807) is 24.3 Å². The zero-order valence-electron chi connectivity index (χ0n) is 13.2. The first-order valence-corrected chi connectivity index (χ1v) is 7.96. The van der Waals surface area contributed by atoms with Gasteiger partial charge in [0, 0.05) is 13.3 Å². The highest BCUT2D eigenvalue weighted by Gasteiger charge is 2.19. The second-order valence-electron chi connectivity index (χ2n) is 4.91. The predicted octanol–water partition coefficient (Wildman–Crippen LogP) is 1.61. The molecule has 0 aliphatic rings. The fourth-order valence-electron chi connectivity index (χ4n) is 1.99. The summed E-state index contributed by atoms with van der Waals surface area (Å²) >= 11 is 1.08. The van der Waals surface area contributed by atoms with Crippen molar-refractivity contribution in [3.8, 4) is 10.4 Å². The Morgan fingerprint density at radius 3 is 2.52 bits per heavy atom. The van der Waals surface area contributed by atoms with Gasteiger partial charge in [0.1, 0.15) is 0 Å². The maximum atomic E-state index is 11.4. The van der Waals surface area contributed by atoms with E-state index in [4.69, 9.17) is 10.6 Å². The Morgan fingerprint density at radius 2 is 1.96 bits per heavy atom. The summed E-state index contributed by atoms with van der Waals surface area (Å²) in [5.74, 6) is 3.41. The number of ether oxygens (including phenoxy) is 1. The molecule has 0 radical (unpaired) electrons. The maximum absolute atomic E-state index is 11.4. The fraction of sp³-hybridized carbons (Fsp3) is 0.200. The Morgan fingerprint density at radius 1 is 1.28 bits per heavy atom. The summed E-state index contributed by atoms with van der Waals surface area (Å²) in [6, 6.07) is 7.08. The van der Waals surface area contributed by atoms with Gasteiger partial charge in [-0.05, 0) is 11.1 Å². The molecule has 10 heteroatoms. The van der Waals surface area contributed by atoms with E-state index in [2.05, 4.69) is 10.3 Å². The van der Waals surface area contributed by atoms with E-state index in [0.29, 0.717) is 16.9 Å². The summed E-state index contributed by atoms with van der Waals surface area (Å²) in [6.07, 6.45) is -0.225. The highest BCUT2D eigenvalue weighted by atomic mass is 32.1. The third-order valence-electron chi connectivity index (χ3n) is 3.07. The number of hydrogen-bond donors (Lipinski definition) is 4. The normalized spacial score (nSPS) is 10.2. The number of carboxylic acid groups (broad SMARTS) is 1. The molecule has 0 bridgehead atoms. The molecule has 1 aromatic carbocycles. The molecule has 5 N–H and O–H groups in total. The maximum Gasteiger partial charge on any atom is 0.421 e. The number of aromatic carboxylic acids is 1. The monoisotopic (exact) mass is 364 g/mol. The Labute approximate surface area is 146 Å². The zero-order valence-corrected chi connectivity index (χ0v) is 14.1. The Bertz CT molecular complexity index is 788. The van der Waals surface area contributed by atoms with E-state index in [1.165, 1.54) is 6.92 Å². The van der Waals surface area contributed by atoms with Crippen LogP contribution in [0.5, 0.6) is 0 Å². The quantitative estimate of drug-likeness (QED) is 0.346. The van der Waals surface area contributed by atoms with Crippen LogP contribution in [0.4, 0.5) is 9.93 Å². The van der Waals surface area contributed by atoms with E-state index in [9.17, 15) is 19.5 Å². The van der Waals surface area contributed by atoms with Crippen LogP contribution in [0.25, 0.3) is 10.4 Å². The van der Waals surface area contributed by atoms with Crippen LogP contribution in [-0.4, -0.2) is 34.7 Å². The number of anilines is 1. The molecular weight excluding hydrogens is 348 g/mol. The van der Waals surface area contributed by atoms with Crippen molar-refractivity contribution in [1.82, 2.24) is 10.4 Å². The number of carboxylic acids is 1. The second kappa shape index (κ2) is 8.22. The number of thiazole rings is 1. The van der Waals surface area contributed by atoms with Crippen LogP contribution < -0.4 is 16.6 Å². The van der Waals surface area contributed by atoms with Crippen molar-refractivity contribution in [2.75, 3.05) is 11.9 Å². The summed E-state index contributed by atoms with van der Waals surface area (Å²) in [5.41, 5.74) is 3.30. The first-order chi connectivity index (χ1) is 11.9. The summed E-state index contributed by atoms with van der Waals surface area (Å²) < 4.78 is 4.80. The van der Waals surface area contributed by atoms with Crippen molar-refractivity contribution in [3.63, 3.8) is 0 Å². The Kier molecular flexibility index (Phi) is 6.03. The van der Waals surface area contributed by atoms with E-state index >= 15 is 0 Å². The Hall–Kier alpha value is -2.98. The number of amides is 2. The fourth-order valence-corrected chi connectivity index (χ4v) is 3.00. The van der Waals surface area contributed by atoms with Gasteiger partial charge in [-0.1, -0.05) is 35.6 Å². The van der Waals surface area contributed by atoms with Gasteiger partial charge < -0.3 is 15.2 Å². The Balaban J connectivity index is 2.15. The van der Waals surface area contributed by atoms with E-state index < -0.39 is 12.1 Å². The van der Waals surface area contributed by atoms with Gasteiger partial charge in [0.25, 0.3) is 0 Å². The summed E-state index contributed by atoms with van der Waals surface area (Å²) in [7, 11) is 0. The van der Waals surface area contributed by atoms with Crippen molar-refractivity contribution >= 4 is 34.4 Å². The lowest BCUT2D eigenvalue weighted by Crippen LogP contribution is -2.31. The van der Waals surface area contributed by atoms with E-state index in [1.807, 2.05) is 5.43 Å². The molecule has 2 amide bonds. The summed E-state index contributed by atoms with van der Waals surface area (Å²) in [6.45, 7) is 1.49. The number of hydrazine groups is 1. The van der Waals surface area contributed by atoms with E-state index in [-0.39, 0.29) is 23.3 Å². The number of rotatable bonds is 6. The lowest BCUT2D eigenvalue weighted by molar-refractivity contribution is -0.114. The van der Waals surface area contributed by atoms with Crippen LogP contribution in [0.3, 0.4) is 0 Å². The van der Waals surface area contributed by atoms with Gasteiger partial charge in [0.15, 0.2) is 10.8 Å². The van der Waals surface area contributed by atoms with Crippen LogP contribution in [-0.2, 0) is 16.0 Å². The number of nitrogens with two attached hydrogens (primary N) is 1. The molecule has 0 aliphatic heterocycles. The third kappa shape index (κ3) is 4.99. The van der Waals surface area contributed by atoms with Crippen molar-refractivity contribution in [1.29, 1.82) is 0 Å². The minimum absolute atomic E-state index is 0.121. The SMILES string of the molecule is CC(=O)Nc1nc(C(=O)O)c(-c2ccc(CCOC(=O)NN)cc2)s1. The molecule has 25 heavy (non-hydrogen) atoms. The lowest BCUT2D eigenvalue weighted by atomic mass is 10.1. The van der Waals surface area contributed by atoms with Crippen LogP contribution in [0, 0.1) is 0 Å². The van der Waals surface area contributed by atoms with Crippen LogP contribution in [0.1, 0.15) is 23.0 Å². The van der Waals surface area contributed by atoms with Crippen LogP contribution in [0.15, 0.2) is 24.3 Å². The van der Waals surface area contributed by atoms with Gasteiger partial charge >= 0.3 is 12.1 Å². The first-order valence-electron chi connectivity index (χ1n) is 7.15. The van der Waals surface area contributed by atoms with Crippen LogP contribution in [0.2, 0.25) is 0 Å². The standard InChI is InChI=1S/C15H16N4O5S/c1-8(20)17-14-18-11(13(21)22)12(25-14)10-4-2-9(3-5-10)6-7-24-15(23)19-16/h2-5H,6-7,16H2,1H3,(H,19,23)(H,21,22)(H,17,18,20). The average Bonchev–Trinajstić information content (AvgIpc) is 2.98. The van der Waals surface area contributed by atoms with Gasteiger partial charge in [0.2, 0.25) is 5.91 Å². The molecule has 0 aliphatic carbocycles. The van der Waals surface area contributed by atoms with Gasteiger partial charge in [-0.2, -0.15) is 0 Å². The molecule has 1 heterocycles. The molecular formula is C15H16N4O5S. The number of nitrogens with zero attached hydrogens (tertiary/aromatic N) is 1. The van der Waals surface area contributed by atoms with Gasteiger partial charge in [-0.3, -0.25) is 10.2 Å².